The van der Waals surface area contributed by atoms with Gasteiger partial charge in [-0.1, -0.05) is 0 Å². The molecule has 0 radical (unpaired) electrons. The van der Waals surface area contributed by atoms with E-state index in [9.17, 15) is 4.79 Å². The van der Waals surface area contributed by atoms with E-state index in [1.807, 2.05) is 13.0 Å². The Kier molecular flexibility index (Phi) is 6.10. The molecule has 0 atom stereocenters. The van der Waals surface area contributed by atoms with Crippen LogP contribution in [0, 0.1) is 6.92 Å². The Labute approximate surface area is 106 Å². The summed E-state index contributed by atoms with van der Waals surface area (Å²) in [5, 5.41) is 3.17. The van der Waals surface area contributed by atoms with Crippen LogP contribution in [0.3, 0.4) is 0 Å². The third-order valence-corrected chi connectivity index (χ3v) is 2.22. The van der Waals surface area contributed by atoms with Crippen molar-refractivity contribution in [2.75, 3.05) is 26.9 Å². The maximum atomic E-state index is 10.7. The summed E-state index contributed by atoms with van der Waals surface area (Å²) in [5.74, 6) is 0.0678. The largest absolute Gasteiger partial charge is 0.482 e. The van der Waals surface area contributed by atoms with Gasteiger partial charge in [0.2, 0.25) is 0 Å². The number of primary amides is 1. The SMILES string of the molecule is COCCNCc1nc(C)ccc1OCC(N)=O. The van der Waals surface area contributed by atoms with E-state index < -0.39 is 5.91 Å². The Balaban J connectivity index is 2.61. The molecule has 0 fully saturated rings. The second kappa shape index (κ2) is 7.62. The van der Waals surface area contributed by atoms with Crippen molar-refractivity contribution in [3.8, 4) is 5.75 Å². The van der Waals surface area contributed by atoms with Gasteiger partial charge < -0.3 is 20.5 Å². The molecule has 0 bridgehead atoms. The van der Waals surface area contributed by atoms with Crippen molar-refractivity contribution < 1.29 is 14.3 Å². The van der Waals surface area contributed by atoms with Crippen molar-refractivity contribution in [2.24, 2.45) is 5.73 Å². The molecule has 0 aromatic carbocycles. The Morgan fingerprint density at radius 3 is 2.94 bits per heavy atom. The van der Waals surface area contributed by atoms with Gasteiger partial charge in [-0.25, -0.2) is 0 Å². The third-order valence-electron chi connectivity index (χ3n) is 2.22. The molecule has 0 saturated heterocycles. The lowest BCUT2D eigenvalue weighted by molar-refractivity contribution is -0.119. The summed E-state index contributed by atoms with van der Waals surface area (Å²) < 4.78 is 10.2. The maximum absolute atomic E-state index is 10.7. The molecule has 0 unspecified atom stereocenters. The molecular weight excluding hydrogens is 234 g/mol. The summed E-state index contributed by atoms with van der Waals surface area (Å²) in [6, 6.07) is 3.62. The number of hydrogen-bond acceptors (Lipinski definition) is 5. The van der Waals surface area contributed by atoms with Crippen molar-refractivity contribution in [1.29, 1.82) is 0 Å². The number of aromatic nitrogens is 1. The molecule has 0 saturated carbocycles. The van der Waals surface area contributed by atoms with Crippen LogP contribution in [0.15, 0.2) is 12.1 Å². The fourth-order valence-electron chi connectivity index (χ4n) is 1.39. The highest BCUT2D eigenvalue weighted by Gasteiger charge is 2.07. The Morgan fingerprint density at radius 1 is 1.50 bits per heavy atom. The quantitative estimate of drug-likeness (QED) is 0.636. The predicted molar refractivity (Wildman–Crippen MR) is 67.2 cm³/mol. The van der Waals surface area contributed by atoms with Crippen LogP contribution in [0.2, 0.25) is 0 Å². The number of methoxy groups -OCH3 is 1. The number of amides is 1. The van der Waals surface area contributed by atoms with E-state index in [1.54, 1.807) is 13.2 Å². The number of carbonyl (C=O) groups excluding carboxylic acids is 1. The van der Waals surface area contributed by atoms with E-state index in [4.69, 9.17) is 15.2 Å². The summed E-state index contributed by atoms with van der Waals surface area (Å²) in [6.07, 6.45) is 0. The van der Waals surface area contributed by atoms with Gasteiger partial charge in [-0.05, 0) is 19.1 Å². The highest BCUT2D eigenvalue weighted by Crippen LogP contribution is 2.16. The molecule has 6 heteroatoms. The van der Waals surface area contributed by atoms with Gasteiger partial charge in [-0.15, -0.1) is 0 Å². The Morgan fingerprint density at radius 2 is 2.28 bits per heavy atom. The number of nitrogens with one attached hydrogen (secondary N) is 1. The smallest absolute Gasteiger partial charge is 0.255 e. The van der Waals surface area contributed by atoms with E-state index >= 15 is 0 Å². The first-order valence-electron chi connectivity index (χ1n) is 5.70. The molecule has 1 aromatic rings. The standard InChI is InChI=1S/C12H19N3O3/c1-9-3-4-11(18-8-12(13)16)10(15-9)7-14-5-6-17-2/h3-4,14H,5-8H2,1-2H3,(H2,13,16). The van der Waals surface area contributed by atoms with Crippen molar-refractivity contribution in [3.05, 3.63) is 23.5 Å². The van der Waals surface area contributed by atoms with Crippen molar-refractivity contribution >= 4 is 5.91 Å². The van der Waals surface area contributed by atoms with Gasteiger partial charge in [0, 0.05) is 25.9 Å². The third kappa shape index (κ3) is 5.11. The first kappa shape index (κ1) is 14.4. The van der Waals surface area contributed by atoms with E-state index in [0.717, 1.165) is 17.9 Å². The lowest BCUT2D eigenvalue weighted by Gasteiger charge is -2.11. The molecule has 0 aliphatic heterocycles. The van der Waals surface area contributed by atoms with Crippen molar-refractivity contribution in [2.45, 2.75) is 13.5 Å². The molecule has 18 heavy (non-hydrogen) atoms. The average molecular weight is 253 g/mol. The fraction of sp³-hybridized carbons (Fsp3) is 0.500. The number of rotatable bonds is 8. The summed E-state index contributed by atoms with van der Waals surface area (Å²) >= 11 is 0. The van der Waals surface area contributed by atoms with Crippen LogP contribution in [0.4, 0.5) is 0 Å². The van der Waals surface area contributed by atoms with E-state index in [-0.39, 0.29) is 6.61 Å². The van der Waals surface area contributed by atoms with Crippen molar-refractivity contribution in [1.82, 2.24) is 10.3 Å². The van der Waals surface area contributed by atoms with Gasteiger partial charge in [-0.3, -0.25) is 9.78 Å². The number of aryl methyl sites for hydroxylation is 1. The van der Waals surface area contributed by atoms with Gasteiger partial charge in [0.25, 0.3) is 5.91 Å². The molecule has 1 amide bonds. The minimum Gasteiger partial charge on any atom is -0.482 e. The highest BCUT2D eigenvalue weighted by molar-refractivity contribution is 5.75. The zero-order valence-electron chi connectivity index (χ0n) is 10.7. The summed E-state index contributed by atoms with van der Waals surface area (Å²) in [7, 11) is 1.65. The number of hydrogen-bond donors (Lipinski definition) is 2. The predicted octanol–water partition coefficient (Wildman–Crippen LogP) is -0.00988. The molecule has 1 rings (SSSR count). The Bertz CT molecular complexity index is 396. The summed E-state index contributed by atoms with van der Waals surface area (Å²) in [4.78, 5) is 15.1. The van der Waals surface area contributed by atoms with Crippen LogP contribution in [0.1, 0.15) is 11.4 Å². The van der Waals surface area contributed by atoms with Crippen LogP contribution in [0.5, 0.6) is 5.75 Å². The summed E-state index contributed by atoms with van der Waals surface area (Å²) in [5.41, 5.74) is 6.69. The van der Waals surface area contributed by atoms with Gasteiger partial charge in [0.15, 0.2) is 6.61 Å². The van der Waals surface area contributed by atoms with Crippen LogP contribution in [-0.4, -0.2) is 37.8 Å². The first-order valence-corrected chi connectivity index (χ1v) is 5.70. The van der Waals surface area contributed by atoms with Crippen LogP contribution in [-0.2, 0) is 16.1 Å². The van der Waals surface area contributed by atoms with Crippen LogP contribution < -0.4 is 15.8 Å². The number of ether oxygens (including phenoxy) is 2. The second-order valence-electron chi connectivity index (χ2n) is 3.82. The van der Waals surface area contributed by atoms with E-state index in [2.05, 4.69) is 10.3 Å². The lowest BCUT2D eigenvalue weighted by atomic mass is 10.3. The highest BCUT2D eigenvalue weighted by atomic mass is 16.5. The molecule has 1 aromatic heterocycles. The monoisotopic (exact) mass is 253 g/mol. The van der Waals surface area contributed by atoms with Gasteiger partial charge in [-0.2, -0.15) is 0 Å². The van der Waals surface area contributed by atoms with Crippen molar-refractivity contribution in [3.63, 3.8) is 0 Å². The van der Waals surface area contributed by atoms with Gasteiger partial charge in [0.1, 0.15) is 5.75 Å². The van der Waals surface area contributed by atoms with Crippen LogP contribution >= 0.6 is 0 Å². The minimum absolute atomic E-state index is 0.143. The molecule has 6 nitrogen and oxygen atoms in total. The number of nitrogens with two attached hydrogens (primary N) is 1. The first-order chi connectivity index (χ1) is 8.63. The average Bonchev–Trinajstić information content (AvgIpc) is 2.33. The zero-order chi connectivity index (χ0) is 13.4. The van der Waals surface area contributed by atoms with E-state index in [0.29, 0.717) is 18.9 Å². The van der Waals surface area contributed by atoms with Crippen LogP contribution in [0.25, 0.3) is 0 Å². The maximum Gasteiger partial charge on any atom is 0.255 e. The Hall–Kier alpha value is -1.66. The zero-order valence-corrected chi connectivity index (χ0v) is 10.7. The number of pyridine rings is 1. The molecule has 0 aliphatic carbocycles. The second-order valence-corrected chi connectivity index (χ2v) is 3.82. The van der Waals surface area contributed by atoms with Gasteiger partial charge in [0.05, 0.1) is 12.3 Å². The molecule has 1 heterocycles. The minimum atomic E-state index is -0.506. The molecule has 100 valence electrons. The fourth-order valence-corrected chi connectivity index (χ4v) is 1.39. The lowest BCUT2D eigenvalue weighted by Crippen LogP contribution is -2.22. The van der Waals surface area contributed by atoms with E-state index in [1.165, 1.54) is 0 Å². The molecular formula is C12H19N3O3. The van der Waals surface area contributed by atoms with Gasteiger partial charge >= 0.3 is 0 Å². The number of nitrogens with zero attached hydrogens (tertiary/aromatic N) is 1. The normalized spacial score (nSPS) is 10.3. The topological polar surface area (TPSA) is 86.5 Å². The molecule has 0 spiro atoms. The summed E-state index contributed by atoms with van der Waals surface area (Å²) in [6.45, 7) is 3.66. The number of carbonyl (C=O) groups is 1. The molecule has 0 aliphatic rings. The molecule has 3 N–H and O–H groups in total.